The second-order valence-corrected chi connectivity index (χ2v) is 5.21. The van der Waals surface area contributed by atoms with Crippen LogP contribution in [-0.2, 0) is 4.79 Å². The van der Waals surface area contributed by atoms with Gasteiger partial charge in [0.05, 0.1) is 7.11 Å². The fourth-order valence-corrected chi connectivity index (χ4v) is 2.31. The molecular formula is C16H21NO6. The van der Waals surface area contributed by atoms with Crippen molar-refractivity contribution in [1.82, 2.24) is 5.32 Å². The van der Waals surface area contributed by atoms with Crippen molar-refractivity contribution in [3.8, 4) is 17.2 Å². The molecule has 1 atom stereocenters. The number of hydrogen-bond acceptors (Lipinski definition) is 5. The van der Waals surface area contributed by atoms with E-state index in [2.05, 4.69) is 5.32 Å². The second kappa shape index (κ2) is 7.71. The zero-order chi connectivity index (χ0) is 16.8. The summed E-state index contributed by atoms with van der Waals surface area (Å²) in [5, 5.41) is 11.7. The molecule has 0 fully saturated rings. The first-order valence-corrected chi connectivity index (χ1v) is 7.58. The number of carbonyl (C=O) groups is 2. The maximum Gasteiger partial charge on any atom is 0.326 e. The van der Waals surface area contributed by atoms with Crippen molar-refractivity contribution in [2.45, 2.75) is 32.2 Å². The van der Waals surface area contributed by atoms with Gasteiger partial charge in [0, 0.05) is 5.56 Å². The number of carboxylic acids is 1. The molecule has 1 aromatic rings. The molecule has 7 heteroatoms. The molecule has 2 rings (SSSR count). The fraction of sp³-hybridized carbons (Fsp3) is 0.500. The van der Waals surface area contributed by atoms with Crippen LogP contribution in [0.4, 0.5) is 0 Å². The number of nitrogens with one attached hydrogen (secondary N) is 1. The lowest BCUT2D eigenvalue weighted by molar-refractivity contribution is -0.139. The quantitative estimate of drug-likeness (QED) is 0.795. The number of rotatable bonds is 7. The van der Waals surface area contributed by atoms with Gasteiger partial charge in [-0.15, -0.1) is 0 Å². The number of ether oxygens (including phenoxy) is 3. The molecular weight excluding hydrogens is 302 g/mol. The Labute approximate surface area is 134 Å². The normalized spacial score (nSPS) is 14.0. The monoisotopic (exact) mass is 323 g/mol. The Morgan fingerprint density at radius 1 is 1.35 bits per heavy atom. The van der Waals surface area contributed by atoms with Crippen molar-refractivity contribution in [3.05, 3.63) is 17.7 Å². The van der Waals surface area contributed by atoms with Gasteiger partial charge in [-0.3, -0.25) is 4.79 Å². The second-order valence-electron chi connectivity index (χ2n) is 5.21. The Balaban J connectivity index is 2.19. The molecule has 126 valence electrons. The predicted octanol–water partition coefficient (Wildman–Crippen LogP) is 1.84. The zero-order valence-corrected chi connectivity index (χ0v) is 13.3. The number of unbranched alkanes of at least 4 members (excludes halogenated alkanes) is 1. The lowest BCUT2D eigenvalue weighted by Crippen LogP contribution is -2.40. The van der Waals surface area contributed by atoms with Crippen molar-refractivity contribution in [1.29, 1.82) is 0 Å². The number of carbonyl (C=O) groups excluding carboxylic acids is 1. The summed E-state index contributed by atoms with van der Waals surface area (Å²) in [6.45, 7) is 2.76. The summed E-state index contributed by atoms with van der Waals surface area (Å²) >= 11 is 0. The van der Waals surface area contributed by atoms with Crippen LogP contribution in [0, 0.1) is 0 Å². The molecule has 0 saturated carbocycles. The van der Waals surface area contributed by atoms with Crippen LogP contribution >= 0.6 is 0 Å². The van der Waals surface area contributed by atoms with E-state index >= 15 is 0 Å². The molecule has 2 N–H and O–H groups in total. The van der Waals surface area contributed by atoms with E-state index in [-0.39, 0.29) is 5.56 Å². The van der Waals surface area contributed by atoms with E-state index in [9.17, 15) is 14.7 Å². The number of fused-ring (bicyclic) bond motifs is 1. The van der Waals surface area contributed by atoms with E-state index in [4.69, 9.17) is 14.2 Å². The van der Waals surface area contributed by atoms with Gasteiger partial charge in [0.15, 0.2) is 11.5 Å². The number of methoxy groups -OCH3 is 1. The Hall–Kier alpha value is -2.44. The van der Waals surface area contributed by atoms with E-state index in [1.807, 2.05) is 6.92 Å². The van der Waals surface area contributed by atoms with Crippen molar-refractivity contribution in [2.75, 3.05) is 20.3 Å². The number of benzene rings is 1. The van der Waals surface area contributed by atoms with Gasteiger partial charge in [-0.1, -0.05) is 19.8 Å². The molecule has 0 spiro atoms. The van der Waals surface area contributed by atoms with E-state index in [0.29, 0.717) is 36.9 Å². The van der Waals surface area contributed by atoms with Crippen molar-refractivity contribution >= 4 is 11.9 Å². The van der Waals surface area contributed by atoms with Crippen LogP contribution in [0.5, 0.6) is 17.2 Å². The minimum atomic E-state index is -1.05. The third-order valence-electron chi connectivity index (χ3n) is 3.54. The third kappa shape index (κ3) is 4.06. The molecule has 0 radical (unpaired) electrons. The maximum absolute atomic E-state index is 12.4. The third-order valence-corrected chi connectivity index (χ3v) is 3.54. The highest BCUT2D eigenvalue weighted by Crippen LogP contribution is 2.40. The summed E-state index contributed by atoms with van der Waals surface area (Å²) < 4.78 is 16.2. The first kappa shape index (κ1) is 16.9. The molecule has 0 aromatic heterocycles. The van der Waals surface area contributed by atoms with Gasteiger partial charge in [0.2, 0.25) is 5.75 Å². The lowest BCUT2D eigenvalue weighted by Gasteiger charge is -2.21. The summed E-state index contributed by atoms with van der Waals surface area (Å²) in [5.41, 5.74) is 0.272. The Morgan fingerprint density at radius 2 is 2.09 bits per heavy atom. The van der Waals surface area contributed by atoms with E-state index in [1.54, 1.807) is 0 Å². The van der Waals surface area contributed by atoms with Crippen LogP contribution < -0.4 is 19.5 Å². The van der Waals surface area contributed by atoms with Crippen LogP contribution in [0.25, 0.3) is 0 Å². The zero-order valence-electron chi connectivity index (χ0n) is 13.3. The van der Waals surface area contributed by atoms with Gasteiger partial charge in [-0.2, -0.15) is 0 Å². The van der Waals surface area contributed by atoms with Crippen molar-refractivity contribution < 1.29 is 28.9 Å². The smallest absolute Gasteiger partial charge is 0.326 e. The highest BCUT2D eigenvalue weighted by Gasteiger charge is 2.24. The van der Waals surface area contributed by atoms with Crippen LogP contribution in [-0.4, -0.2) is 43.3 Å². The summed E-state index contributed by atoms with van der Waals surface area (Å²) in [7, 11) is 1.47. The van der Waals surface area contributed by atoms with Gasteiger partial charge in [0.25, 0.3) is 5.91 Å². The molecule has 23 heavy (non-hydrogen) atoms. The first-order valence-electron chi connectivity index (χ1n) is 7.58. The van der Waals surface area contributed by atoms with Crippen molar-refractivity contribution in [2.24, 2.45) is 0 Å². The Kier molecular flexibility index (Phi) is 5.67. The topological polar surface area (TPSA) is 94.1 Å². The van der Waals surface area contributed by atoms with Gasteiger partial charge >= 0.3 is 5.97 Å². The molecule has 1 aliphatic rings. The average Bonchev–Trinajstić information content (AvgIpc) is 2.56. The number of amides is 1. The lowest BCUT2D eigenvalue weighted by atomic mass is 10.1. The molecule has 0 saturated heterocycles. The summed E-state index contributed by atoms with van der Waals surface area (Å²) in [5.74, 6) is -0.273. The minimum absolute atomic E-state index is 0.272. The SMILES string of the molecule is CCCC[C@H](NC(=O)c1cc(OC)c2c(c1)OCCO2)C(=O)O. The molecule has 1 aromatic carbocycles. The van der Waals surface area contributed by atoms with Gasteiger partial charge in [-0.25, -0.2) is 4.79 Å². The molecule has 0 bridgehead atoms. The standard InChI is InChI=1S/C16H21NO6/c1-3-4-5-11(16(19)20)17-15(18)10-8-12(21-2)14-13(9-10)22-6-7-23-14/h8-9,11H,3-7H2,1-2H3,(H,17,18)(H,19,20)/t11-/m0/s1. The van der Waals surface area contributed by atoms with Gasteiger partial charge in [0.1, 0.15) is 19.3 Å². The largest absolute Gasteiger partial charge is 0.493 e. The Morgan fingerprint density at radius 3 is 2.74 bits per heavy atom. The van der Waals surface area contributed by atoms with Crippen LogP contribution in [0.1, 0.15) is 36.5 Å². The summed E-state index contributed by atoms with van der Waals surface area (Å²) in [6.07, 6.45) is 1.97. The fourth-order valence-electron chi connectivity index (χ4n) is 2.31. The minimum Gasteiger partial charge on any atom is -0.493 e. The summed E-state index contributed by atoms with van der Waals surface area (Å²) in [6, 6.07) is 2.13. The highest BCUT2D eigenvalue weighted by molar-refractivity contribution is 5.97. The van der Waals surface area contributed by atoms with Crippen LogP contribution in [0.3, 0.4) is 0 Å². The molecule has 1 amide bonds. The van der Waals surface area contributed by atoms with Crippen molar-refractivity contribution in [3.63, 3.8) is 0 Å². The molecule has 0 unspecified atom stereocenters. The summed E-state index contributed by atoms with van der Waals surface area (Å²) in [4.78, 5) is 23.6. The Bertz CT molecular complexity index is 569. The molecule has 1 aliphatic heterocycles. The maximum atomic E-state index is 12.4. The number of hydrogen-bond donors (Lipinski definition) is 2. The van der Waals surface area contributed by atoms with E-state index in [1.165, 1.54) is 19.2 Å². The number of carboxylic acid groups (broad SMARTS) is 1. The van der Waals surface area contributed by atoms with Crippen LogP contribution in [0.15, 0.2) is 12.1 Å². The number of aliphatic carboxylic acids is 1. The van der Waals surface area contributed by atoms with Gasteiger partial charge < -0.3 is 24.6 Å². The highest BCUT2D eigenvalue weighted by atomic mass is 16.6. The van der Waals surface area contributed by atoms with E-state index in [0.717, 1.165) is 12.8 Å². The molecule has 0 aliphatic carbocycles. The predicted molar refractivity (Wildman–Crippen MR) is 82.4 cm³/mol. The molecule has 1 heterocycles. The first-order chi connectivity index (χ1) is 11.1. The molecule has 7 nitrogen and oxygen atoms in total. The van der Waals surface area contributed by atoms with E-state index < -0.39 is 17.9 Å². The van der Waals surface area contributed by atoms with Crippen LogP contribution in [0.2, 0.25) is 0 Å². The van der Waals surface area contributed by atoms with Gasteiger partial charge in [-0.05, 0) is 18.6 Å². The average molecular weight is 323 g/mol.